The van der Waals surface area contributed by atoms with Gasteiger partial charge in [-0.15, -0.1) is 0 Å². The maximum absolute atomic E-state index is 2.36. The second-order valence-corrected chi connectivity index (χ2v) is 9.85. The van der Waals surface area contributed by atoms with E-state index in [1.165, 1.54) is 42.4 Å². The van der Waals surface area contributed by atoms with Crippen LogP contribution in [0.4, 0.5) is 0 Å². The van der Waals surface area contributed by atoms with Crippen molar-refractivity contribution in [1.82, 2.24) is 0 Å². The Morgan fingerprint density at radius 3 is 1.48 bits per heavy atom. The van der Waals surface area contributed by atoms with Crippen molar-refractivity contribution in [1.29, 1.82) is 0 Å². The fraction of sp³-hybridized carbons (Fsp3) is 0.571. The van der Waals surface area contributed by atoms with Crippen LogP contribution in [0.5, 0.6) is 0 Å². The summed E-state index contributed by atoms with van der Waals surface area (Å²) in [6.45, 7) is 12.4. The van der Waals surface area contributed by atoms with Gasteiger partial charge in [0.15, 0.2) is 0 Å². The molecule has 2 rings (SSSR count). The van der Waals surface area contributed by atoms with Crippen LogP contribution in [0.2, 0.25) is 0 Å². The lowest BCUT2D eigenvalue weighted by Gasteiger charge is -2.25. The third-order valence-electron chi connectivity index (χ3n) is 5.75. The molecule has 0 aliphatic rings. The highest BCUT2D eigenvalue weighted by atomic mass is 15.3. The average molecular weight is 397 g/mol. The quantitative estimate of drug-likeness (QED) is 0.376. The molecule has 0 saturated carbocycles. The van der Waals surface area contributed by atoms with Crippen LogP contribution in [0.3, 0.4) is 0 Å². The number of quaternary nitrogens is 1. The van der Waals surface area contributed by atoms with E-state index in [0.717, 1.165) is 16.9 Å². The number of rotatable bonds is 9. The largest absolute Gasteiger partial charge is 0.327 e. The van der Waals surface area contributed by atoms with E-state index in [-0.39, 0.29) is 0 Å². The minimum atomic E-state index is 0.647. The summed E-state index contributed by atoms with van der Waals surface area (Å²) in [5.41, 5.74) is 4.41. The number of hydrogen-bond acceptors (Lipinski definition) is 0. The van der Waals surface area contributed by atoms with Crippen molar-refractivity contribution >= 4 is 0 Å². The molecule has 1 heteroatoms. The molecule has 0 radical (unpaired) electrons. The van der Waals surface area contributed by atoms with Crippen LogP contribution in [0, 0.1) is 5.92 Å². The SMILES string of the molecule is CCC(C)C.CCC(CC(CC)c1ccc(C[N+](C)(C)C)cc1)c1ccccc1. The summed E-state index contributed by atoms with van der Waals surface area (Å²) in [5.74, 6) is 2.19. The summed E-state index contributed by atoms with van der Waals surface area (Å²) < 4.78 is 0.975. The van der Waals surface area contributed by atoms with Crippen molar-refractivity contribution in [2.24, 2.45) is 5.92 Å². The van der Waals surface area contributed by atoms with Gasteiger partial charge in [-0.3, -0.25) is 0 Å². The van der Waals surface area contributed by atoms with Gasteiger partial charge in [-0.25, -0.2) is 0 Å². The van der Waals surface area contributed by atoms with E-state index >= 15 is 0 Å². The van der Waals surface area contributed by atoms with Gasteiger partial charge >= 0.3 is 0 Å². The Kier molecular flexibility index (Phi) is 11.3. The molecular weight excluding hydrogens is 350 g/mol. The lowest BCUT2D eigenvalue weighted by atomic mass is 9.82. The Labute approximate surface area is 181 Å². The van der Waals surface area contributed by atoms with Gasteiger partial charge in [-0.2, -0.15) is 0 Å². The molecule has 0 aromatic heterocycles. The lowest BCUT2D eigenvalue weighted by molar-refractivity contribution is -0.884. The zero-order valence-electron chi connectivity index (χ0n) is 20.4. The second kappa shape index (κ2) is 12.9. The fourth-order valence-electron chi connectivity index (χ4n) is 3.59. The molecule has 162 valence electrons. The monoisotopic (exact) mass is 396 g/mol. The van der Waals surface area contributed by atoms with Crippen LogP contribution in [0.15, 0.2) is 54.6 Å². The molecule has 0 N–H and O–H groups in total. The first-order chi connectivity index (χ1) is 13.7. The molecule has 0 heterocycles. The summed E-state index contributed by atoms with van der Waals surface area (Å²) >= 11 is 0. The van der Waals surface area contributed by atoms with Crippen LogP contribution < -0.4 is 0 Å². The van der Waals surface area contributed by atoms with Crippen molar-refractivity contribution in [3.8, 4) is 0 Å². The maximum atomic E-state index is 2.36. The van der Waals surface area contributed by atoms with E-state index in [4.69, 9.17) is 0 Å². The van der Waals surface area contributed by atoms with Crippen molar-refractivity contribution < 1.29 is 4.48 Å². The summed E-state index contributed by atoms with van der Waals surface area (Å²) in [7, 11) is 6.73. The predicted molar refractivity (Wildman–Crippen MR) is 130 cm³/mol. The zero-order chi connectivity index (χ0) is 21.9. The Morgan fingerprint density at radius 2 is 1.10 bits per heavy atom. The van der Waals surface area contributed by atoms with Gasteiger partial charge in [0.25, 0.3) is 0 Å². The third kappa shape index (κ3) is 10.1. The second-order valence-electron chi connectivity index (χ2n) is 9.85. The summed E-state index contributed by atoms with van der Waals surface area (Å²) in [6.07, 6.45) is 4.96. The minimum absolute atomic E-state index is 0.647. The molecule has 0 amide bonds. The molecule has 1 nitrogen and oxygen atoms in total. The summed E-state index contributed by atoms with van der Waals surface area (Å²) in [6, 6.07) is 20.4. The molecule has 29 heavy (non-hydrogen) atoms. The Morgan fingerprint density at radius 1 is 0.655 bits per heavy atom. The highest BCUT2D eigenvalue weighted by Crippen LogP contribution is 2.34. The summed E-state index contributed by atoms with van der Waals surface area (Å²) in [4.78, 5) is 0. The van der Waals surface area contributed by atoms with Crippen LogP contribution in [-0.2, 0) is 6.54 Å². The van der Waals surface area contributed by atoms with Gasteiger partial charge < -0.3 is 4.48 Å². The first-order valence-corrected chi connectivity index (χ1v) is 11.6. The first-order valence-electron chi connectivity index (χ1n) is 11.6. The topological polar surface area (TPSA) is 0 Å². The van der Waals surface area contributed by atoms with E-state index in [1.54, 1.807) is 0 Å². The van der Waals surface area contributed by atoms with E-state index in [9.17, 15) is 0 Å². The van der Waals surface area contributed by atoms with Crippen LogP contribution in [0.1, 0.15) is 88.8 Å². The van der Waals surface area contributed by atoms with E-state index in [1.807, 2.05) is 0 Å². The van der Waals surface area contributed by atoms with E-state index in [0.29, 0.717) is 11.8 Å². The Hall–Kier alpha value is -1.60. The van der Waals surface area contributed by atoms with Crippen molar-refractivity contribution in [3.63, 3.8) is 0 Å². The average Bonchev–Trinajstić information content (AvgIpc) is 2.70. The van der Waals surface area contributed by atoms with Gasteiger partial charge in [0.2, 0.25) is 0 Å². The van der Waals surface area contributed by atoms with E-state index < -0.39 is 0 Å². The lowest BCUT2D eigenvalue weighted by Crippen LogP contribution is -2.33. The molecular formula is C28H46N+. The fourth-order valence-corrected chi connectivity index (χ4v) is 3.59. The van der Waals surface area contributed by atoms with Gasteiger partial charge in [-0.1, -0.05) is 95.6 Å². The molecule has 0 bridgehead atoms. The molecule has 2 aromatic rings. The smallest absolute Gasteiger partial charge is 0.104 e. The van der Waals surface area contributed by atoms with Crippen molar-refractivity contribution in [2.75, 3.05) is 21.1 Å². The molecule has 2 atom stereocenters. The molecule has 0 aliphatic heterocycles. The van der Waals surface area contributed by atoms with Crippen LogP contribution in [-0.4, -0.2) is 25.6 Å². The first kappa shape index (κ1) is 25.4. The van der Waals surface area contributed by atoms with Gasteiger partial charge in [0, 0.05) is 5.56 Å². The number of nitrogens with zero attached hydrogens (tertiary/aromatic N) is 1. The predicted octanol–water partition coefficient (Wildman–Crippen LogP) is 8.02. The molecule has 0 aliphatic carbocycles. The molecule has 2 unspecified atom stereocenters. The van der Waals surface area contributed by atoms with Crippen molar-refractivity contribution in [2.45, 2.75) is 78.7 Å². The summed E-state index contributed by atoms with van der Waals surface area (Å²) in [5, 5.41) is 0. The maximum Gasteiger partial charge on any atom is 0.104 e. The molecule has 0 saturated heterocycles. The molecule has 0 spiro atoms. The minimum Gasteiger partial charge on any atom is -0.327 e. The Balaban J connectivity index is 0.000000749. The van der Waals surface area contributed by atoms with Crippen LogP contribution >= 0.6 is 0 Å². The zero-order valence-corrected chi connectivity index (χ0v) is 20.4. The van der Waals surface area contributed by atoms with Crippen molar-refractivity contribution in [3.05, 3.63) is 71.3 Å². The Bertz CT molecular complexity index is 649. The van der Waals surface area contributed by atoms with Gasteiger partial charge in [0.1, 0.15) is 6.54 Å². The highest BCUT2D eigenvalue weighted by Gasteiger charge is 2.17. The highest BCUT2D eigenvalue weighted by molar-refractivity contribution is 5.27. The van der Waals surface area contributed by atoms with E-state index in [2.05, 4.69) is 110 Å². The third-order valence-corrected chi connectivity index (χ3v) is 5.75. The number of hydrogen-bond donors (Lipinski definition) is 0. The normalized spacial score (nSPS) is 13.6. The van der Waals surface area contributed by atoms with Gasteiger partial charge in [0.05, 0.1) is 21.1 Å². The molecule has 0 fully saturated rings. The molecule has 2 aromatic carbocycles. The standard InChI is InChI=1S/C23H34N.C5H12/c1-6-20(22-11-9-8-10-12-22)17-21(7-2)23-15-13-19(14-16-23)18-24(3,4)5;1-4-5(2)3/h8-16,20-21H,6-7,17-18H2,1-5H3;5H,4H2,1-3H3/q+1;. The van der Waals surface area contributed by atoms with Crippen LogP contribution in [0.25, 0.3) is 0 Å². The number of benzene rings is 2. The van der Waals surface area contributed by atoms with Gasteiger partial charge in [-0.05, 0) is 48.1 Å².